The summed E-state index contributed by atoms with van der Waals surface area (Å²) in [7, 11) is 1.40. The third kappa shape index (κ3) is 2.90. The molecule has 0 aliphatic heterocycles. The van der Waals surface area contributed by atoms with Gasteiger partial charge in [-0.1, -0.05) is 27.2 Å². The molecule has 1 aromatic rings. The van der Waals surface area contributed by atoms with Gasteiger partial charge in [0.15, 0.2) is 0 Å². The lowest BCUT2D eigenvalue weighted by molar-refractivity contribution is 0.0605. The molecule has 0 amide bonds. The summed E-state index contributed by atoms with van der Waals surface area (Å²) in [6.45, 7) is 6.15. The fourth-order valence-corrected chi connectivity index (χ4v) is 3.05. The van der Waals surface area contributed by atoms with Crippen LogP contribution in [-0.2, 0) is 16.7 Å². The number of thiazole rings is 1. The molecule has 18 heavy (non-hydrogen) atoms. The first-order valence-electron chi connectivity index (χ1n) is 6.39. The zero-order valence-corrected chi connectivity index (χ0v) is 12.4. The van der Waals surface area contributed by atoms with Crippen LogP contribution in [0.5, 0.6) is 0 Å². The SMILES string of the molecule is CCCc1nc(C(N)(CC)CC)sc1C(=O)OC. The van der Waals surface area contributed by atoms with Crippen molar-refractivity contribution in [2.24, 2.45) is 5.73 Å². The molecule has 4 nitrogen and oxygen atoms in total. The van der Waals surface area contributed by atoms with Crippen LogP contribution in [0.25, 0.3) is 0 Å². The molecule has 0 aromatic carbocycles. The number of esters is 1. The molecule has 0 aliphatic rings. The standard InChI is InChI=1S/C13H22N2O2S/c1-5-8-9-10(11(16)17-4)18-12(15-9)13(14,6-2)7-3/h5-8,14H2,1-4H3. The second kappa shape index (κ2) is 6.29. The first-order valence-corrected chi connectivity index (χ1v) is 7.21. The molecule has 0 atom stereocenters. The smallest absolute Gasteiger partial charge is 0.349 e. The van der Waals surface area contributed by atoms with Gasteiger partial charge in [0.2, 0.25) is 0 Å². The highest BCUT2D eigenvalue weighted by molar-refractivity contribution is 7.13. The van der Waals surface area contributed by atoms with Crippen molar-refractivity contribution in [3.05, 3.63) is 15.6 Å². The fourth-order valence-electron chi connectivity index (χ4n) is 1.78. The first-order chi connectivity index (χ1) is 8.52. The largest absolute Gasteiger partial charge is 0.465 e. The second-order valence-corrected chi connectivity index (χ2v) is 5.40. The maximum Gasteiger partial charge on any atom is 0.349 e. The zero-order chi connectivity index (χ0) is 13.8. The summed E-state index contributed by atoms with van der Waals surface area (Å²) in [6, 6.07) is 0. The predicted octanol–water partition coefficient (Wildman–Crippen LogP) is 2.86. The minimum atomic E-state index is -0.431. The molecular formula is C13H22N2O2S. The molecular weight excluding hydrogens is 248 g/mol. The molecule has 1 heterocycles. The number of rotatable bonds is 6. The molecule has 0 fully saturated rings. The number of aryl methyl sites for hydroxylation is 1. The lowest BCUT2D eigenvalue weighted by Gasteiger charge is -2.23. The molecule has 102 valence electrons. The fraction of sp³-hybridized carbons (Fsp3) is 0.692. The molecule has 0 unspecified atom stereocenters. The van der Waals surface area contributed by atoms with Crippen molar-refractivity contribution in [1.29, 1.82) is 0 Å². The van der Waals surface area contributed by atoms with Crippen LogP contribution in [0, 0.1) is 0 Å². The number of hydrogen-bond donors (Lipinski definition) is 1. The number of nitrogens with two attached hydrogens (primary N) is 1. The number of aromatic nitrogens is 1. The van der Waals surface area contributed by atoms with E-state index in [1.165, 1.54) is 18.4 Å². The van der Waals surface area contributed by atoms with Crippen molar-refractivity contribution in [2.75, 3.05) is 7.11 Å². The van der Waals surface area contributed by atoms with Crippen LogP contribution in [0.2, 0.25) is 0 Å². The predicted molar refractivity (Wildman–Crippen MR) is 73.9 cm³/mol. The number of carbonyl (C=O) groups excluding carboxylic acids is 1. The molecule has 0 aliphatic carbocycles. The molecule has 0 bridgehead atoms. The molecule has 1 rings (SSSR count). The van der Waals surface area contributed by atoms with Crippen molar-refractivity contribution in [3.63, 3.8) is 0 Å². The first kappa shape index (κ1) is 15.1. The van der Waals surface area contributed by atoms with Crippen molar-refractivity contribution < 1.29 is 9.53 Å². The lowest BCUT2D eigenvalue weighted by atomic mass is 9.95. The van der Waals surface area contributed by atoms with E-state index in [0.717, 1.165) is 36.4 Å². The minimum Gasteiger partial charge on any atom is -0.465 e. The van der Waals surface area contributed by atoms with Crippen LogP contribution < -0.4 is 5.73 Å². The maximum atomic E-state index is 11.7. The van der Waals surface area contributed by atoms with Crippen molar-refractivity contribution in [3.8, 4) is 0 Å². The van der Waals surface area contributed by atoms with Crippen LogP contribution in [-0.4, -0.2) is 18.1 Å². The summed E-state index contributed by atoms with van der Waals surface area (Å²) in [6.07, 6.45) is 3.35. The normalized spacial score (nSPS) is 11.6. The second-order valence-electron chi connectivity index (χ2n) is 4.40. The molecule has 0 saturated carbocycles. The van der Waals surface area contributed by atoms with Crippen molar-refractivity contribution in [2.45, 2.75) is 52.0 Å². The molecule has 1 aromatic heterocycles. The van der Waals surface area contributed by atoms with Crippen molar-refractivity contribution >= 4 is 17.3 Å². The van der Waals surface area contributed by atoms with E-state index in [0.29, 0.717) is 4.88 Å². The highest BCUT2D eigenvalue weighted by atomic mass is 32.1. The van der Waals surface area contributed by atoms with E-state index in [2.05, 4.69) is 11.9 Å². The molecule has 0 radical (unpaired) electrons. The molecule has 5 heteroatoms. The Balaban J connectivity index is 3.20. The van der Waals surface area contributed by atoms with Crippen molar-refractivity contribution in [1.82, 2.24) is 4.98 Å². The third-order valence-electron chi connectivity index (χ3n) is 3.24. The van der Waals surface area contributed by atoms with Crippen LogP contribution in [0.3, 0.4) is 0 Å². The summed E-state index contributed by atoms with van der Waals surface area (Å²) in [5, 5.41) is 0.844. The summed E-state index contributed by atoms with van der Waals surface area (Å²) in [4.78, 5) is 16.9. The number of hydrogen-bond acceptors (Lipinski definition) is 5. The van der Waals surface area contributed by atoms with E-state index in [1.807, 2.05) is 13.8 Å². The van der Waals surface area contributed by atoms with Gasteiger partial charge in [-0.15, -0.1) is 11.3 Å². The van der Waals surface area contributed by atoms with Gasteiger partial charge in [-0.3, -0.25) is 0 Å². The van der Waals surface area contributed by atoms with E-state index >= 15 is 0 Å². The summed E-state index contributed by atoms with van der Waals surface area (Å²) in [5.74, 6) is -0.309. The van der Waals surface area contributed by atoms with E-state index in [9.17, 15) is 4.79 Å². The van der Waals surface area contributed by atoms with Crippen LogP contribution in [0.15, 0.2) is 0 Å². The maximum absolute atomic E-state index is 11.7. The van der Waals surface area contributed by atoms with Gasteiger partial charge in [-0.2, -0.15) is 0 Å². The summed E-state index contributed by atoms with van der Waals surface area (Å²) in [5.41, 5.74) is 6.72. The van der Waals surface area contributed by atoms with Gasteiger partial charge < -0.3 is 10.5 Å². The van der Waals surface area contributed by atoms with Crippen LogP contribution in [0.4, 0.5) is 0 Å². The quantitative estimate of drug-likeness (QED) is 0.807. The number of ether oxygens (including phenoxy) is 1. The number of nitrogens with zero attached hydrogens (tertiary/aromatic N) is 1. The summed E-state index contributed by atoms with van der Waals surface area (Å²) < 4.78 is 4.81. The Morgan fingerprint density at radius 2 is 2.00 bits per heavy atom. The van der Waals surface area contributed by atoms with Crippen LogP contribution in [0.1, 0.15) is 60.4 Å². The average Bonchev–Trinajstić information content (AvgIpc) is 2.82. The monoisotopic (exact) mass is 270 g/mol. The Bertz CT molecular complexity index is 411. The van der Waals surface area contributed by atoms with Gasteiger partial charge >= 0.3 is 5.97 Å². The Hall–Kier alpha value is -0.940. The van der Waals surface area contributed by atoms with Gasteiger partial charge in [0.25, 0.3) is 0 Å². The average molecular weight is 270 g/mol. The van der Waals surface area contributed by atoms with E-state index in [-0.39, 0.29) is 5.97 Å². The van der Waals surface area contributed by atoms with Gasteiger partial charge in [0.1, 0.15) is 9.88 Å². The number of methoxy groups -OCH3 is 1. The summed E-state index contributed by atoms with van der Waals surface area (Å²) >= 11 is 1.38. The topological polar surface area (TPSA) is 65.2 Å². The Morgan fingerprint density at radius 1 is 1.39 bits per heavy atom. The Morgan fingerprint density at radius 3 is 2.44 bits per heavy atom. The van der Waals surface area contributed by atoms with Gasteiger partial charge in [-0.25, -0.2) is 9.78 Å². The zero-order valence-electron chi connectivity index (χ0n) is 11.6. The molecule has 2 N–H and O–H groups in total. The molecule has 0 saturated heterocycles. The van der Waals surface area contributed by atoms with Gasteiger partial charge in [0.05, 0.1) is 18.3 Å². The lowest BCUT2D eigenvalue weighted by Crippen LogP contribution is -2.34. The Labute approximate surface area is 113 Å². The Kier molecular flexibility index (Phi) is 5.28. The number of carbonyl (C=O) groups is 1. The van der Waals surface area contributed by atoms with Gasteiger partial charge in [0, 0.05) is 0 Å². The van der Waals surface area contributed by atoms with Crippen LogP contribution >= 0.6 is 11.3 Å². The highest BCUT2D eigenvalue weighted by Gasteiger charge is 2.30. The van der Waals surface area contributed by atoms with E-state index in [4.69, 9.17) is 10.5 Å². The molecule has 0 spiro atoms. The third-order valence-corrected chi connectivity index (χ3v) is 4.54. The van der Waals surface area contributed by atoms with E-state index in [1.54, 1.807) is 0 Å². The highest BCUT2D eigenvalue weighted by Crippen LogP contribution is 2.32. The van der Waals surface area contributed by atoms with E-state index < -0.39 is 5.54 Å². The minimum absolute atomic E-state index is 0.309. The van der Waals surface area contributed by atoms with Gasteiger partial charge in [-0.05, 0) is 19.3 Å².